The lowest BCUT2D eigenvalue weighted by atomic mass is 10.1. The molecule has 1 amide bonds. The number of nitrogens with zero attached hydrogens (tertiary/aromatic N) is 3. The highest BCUT2D eigenvalue weighted by Gasteiger charge is 2.35. The molecule has 0 atom stereocenters. The number of amides is 1. The van der Waals surface area contributed by atoms with E-state index in [9.17, 15) is 31.1 Å². The lowest BCUT2D eigenvalue weighted by molar-refractivity contribution is -0.139. The Bertz CT molecular complexity index is 1710. The number of furan rings is 1. The highest BCUT2D eigenvalue weighted by molar-refractivity contribution is 6.03. The van der Waals surface area contributed by atoms with Crippen LogP contribution in [0, 0.1) is 0 Å². The number of benzene rings is 2. The molecule has 0 unspecified atom stereocenters. The van der Waals surface area contributed by atoms with Crippen LogP contribution < -0.4 is 10.1 Å². The summed E-state index contributed by atoms with van der Waals surface area (Å²) in [4.78, 5) is 25.8. The predicted octanol–water partition coefficient (Wildman–Crippen LogP) is 6.34. The maximum Gasteiger partial charge on any atom is 0.419 e. The summed E-state index contributed by atoms with van der Waals surface area (Å²) in [7, 11) is 1.10. The van der Waals surface area contributed by atoms with E-state index in [1.54, 1.807) is 12.1 Å². The van der Waals surface area contributed by atoms with E-state index < -0.39 is 35.1 Å². The van der Waals surface area contributed by atoms with Gasteiger partial charge in [0.1, 0.15) is 11.3 Å². The van der Waals surface area contributed by atoms with E-state index in [2.05, 4.69) is 20.3 Å². The van der Waals surface area contributed by atoms with Gasteiger partial charge in [0, 0.05) is 24.7 Å². The molecule has 5 aromatic rings. The Balaban J connectivity index is 1.50. The van der Waals surface area contributed by atoms with E-state index in [0.717, 1.165) is 25.3 Å². The van der Waals surface area contributed by atoms with Gasteiger partial charge < -0.3 is 14.5 Å². The van der Waals surface area contributed by atoms with Crippen LogP contribution in [0.15, 0.2) is 65.2 Å². The predicted molar refractivity (Wildman–Crippen MR) is 131 cm³/mol. The van der Waals surface area contributed by atoms with E-state index in [0.29, 0.717) is 10.9 Å². The van der Waals surface area contributed by atoms with Crippen LogP contribution in [0.4, 0.5) is 26.3 Å². The fraction of sp³-hybridized carbons (Fsp3) is 0.185. The Kier molecular flexibility index (Phi) is 6.82. The minimum Gasteiger partial charge on any atom is -0.496 e. The monoisotopic (exact) mass is 560 g/mol. The molecule has 5 rings (SSSR count). The summed E-state index contributed by atoms with van der Waals surface area (Å²) < 4.78 is 89.8. The van der Waals surface area contributed by atoms with Crippen molar-refractivity contribution < 1.29 is 40.3 Å². The SMILES string of the molecule is COc1c(CNC(=O)c2nc(Cc3ccc(C(F)(F)F)cc3)c3oc4ncccc4c3n2)cccc1C(F)(F)F. The Morgan fingerprint density at radius 2 is 1.70 bits per heavy atom. The van der Waals surface area contributed by atoms with E-state index in [1.807, 2.05) is 0 Å². The quantitative estimate of drug-likeness (QED) is 0.244. The smallest absolute Gasteiger partial charge is 0.419 e. The van der Waals surface area contributed by atoms with Crippen LogP contribution >= 0.6 is 0 Å². The molecule has 7 nitrogen and oxygen atoms in total. The van der Waals surface area contributed by atoms with Gasteiger partial charge in [0.05, 0.1) is 29.3 Å². The molecular formula is C27H18F6N4O3. The number of fused-ring (bicyclic) bond motifs is 3. The van der Waals surface area contributed by atoms with Gasteiger partial charge in [-0.3, -0.25) is 4.79 Å². The van der Waals surface area contributed by atoms with E-state index in [-0.39, 0.29) is 46.9 Å². The summed E-state index contributed by atoms with van der Waals surface area (Å²) in [6.45, 7) is -0.324. The van der Waals surface area contributed by atoms with Gasteiger partial charge >= 0.3 is 12.4 Å². The van der Waals surface area contributed by atoms with Gasteiger partial charge in [-0.25, -0.2) is 15.0 Å². The second kappa shape index (κ2) is 10.1. The summed E-state index contributed by atoms with van der Waals surface area (Å²) in [5, 5.41) is 2.98. The van der Waals surface area contributed by atoms with Crippen molar-refractivity contribution in [3.63, 3.8) is 0 Å². The first-order chi connectivity index (χ1) is 19.0. The number of alkyl halides is 6. The third-order valence-electron chi connectivity index (χ3n) is 6.06. The normalized spacial score (nSPS) is 12.2. The van der Waals surface area contributed by atoms with Gasteiger partial charge in [-0.05, 0) is 35.9 Å². The van der Waals surface area contributed by atoms with Gasteiger partial charge in [-0.2, -0.15) is 26.3 Å². The molecule has 3 aromatic heterocycles. The topological polar surface area (TPSA) is 90.1 Å². The standard InChI is InChI=1S/C27H18F6N4O3/c1-39-21-15(4-2-6-18(21)27(31,32)33)13-35-24(38)23-36-19(12-14-7-9-16(10-8-14)26(28,29)30)22-20(37-23)17-5-3-11-34-25(17)40-22/h2-11H,12-13H2,1H3,(H,35,38). The Morgan fingerprint density at radius 1 is 0.950 bits per heavy atom. The number of carbonyl (C=O) groups is 1. The molecule has 40 heavy (non-hydrogen) atoms. The maximum absolute atomic E-state index is 13.4. The molecule has 0 aliphatic rings. The van der Waals surface area contributed by atoms with Crippen LogP contribution in [0.1, 0.15) is 38.6 Å². The molecule has 0 saturated carbocycles. The molecule has 2 aromatic carbocycles. The van der Waals surface area contributed by atoms with Crippen molar-refractivity contribution in [3.8, 4) is 5.75 Å². The zero-order valence-corrected chi connectivity index (χ0v) is 20.5. The van der Waals surface area contributed by atoms with Crippen LogP contribution in [0.2, 0.25) is 0 Å². The second-order valence-electron chi connectivity index (χ2n) is 8.68. The van der Waals surface area contributed by atoms with E-state index in [1.165, 1.54) is 30.5 Å². The average molecular weight is 560 g/mol. The number of hydrogen-bond donors (Lipinski definition) is 1. The van der Waals surface area contributed by atoms with Crippen LogP contribution in [-0.4, -0.2) is 28.0 Å². The number of para-hydroxylation sites is 1. The molecule has 0 saturated heterocycles. The van der Waals surface area contributed by atoms with Gasteiger partial charge in [0.2, 0.25) is 11.5 Å². The lowest BCUT2D eigenvalue weighted by Gasteiger charge is -2.16. The first-order valence-corrected chi connectivity index (χ1v) is 11.7. The largest absolute Gasteiger partial charge is 0.496 e. The van der Waals surface area contributed by atoms with Crippen LogP contribution in [0.3, 0.4) is 0 Å². The number of halogens is 6. The maximum atomic E-state index is 13.4. The number of methoxy groups -OCH3 is 1. The highest BCUT2D eigenvalue weighted by Crippen LogP contribution is 2.38. The zero-order valence-electron chi connectivity index (χ0n) is 20.5. The Morgan fingerprint density at radius 3 is 2.38 bits per heavy atom. The third-order valence-corrected chi connectivity index (χ3v) is 6.06. The number of nitrogens with one attached hydrogen (secondary N) is 1. The molecule has 3 heterocycles. The Hall–Kier alpha value is -4.68. The number of hydrogen-bond acceptors (Lipinski definition) is 6. The summed E-state index contributed by atoms with van der Waals surface area (Å²) in [6.07, 6.45) is -7.68. The van der Waals surface area contributed by atoms with Crippen LogP contribution in [0.5, 0.6) is 5.75 Å². The van der Waals surface area contributed by atoms with Gasteiger partial charge in [0.15, 0.2) is 5.58 Å². The van der Waals surface area contributed by atoms with Crippen molar-refractivity contribution in [2.75, 3.05) is 7.11 Å². The van der Waals surface area contributed by atoms with E-state index in [4.69, 9.17) is 9.15 Å². The second-order valence-corrected chi connectivity index (χ2v) is 8.68. The zero-order chi connectivity index (χ0) is 28.7. The number of rotatable bonds is 6. The van der Waals surface area contributed by atoms with Gasteiger partial charge in [0.25, 0.3) is 5.91 Å². The van der Waals surface area contributed by atoms with Crippen molar-refractivity contribution in [2.24, 2.45) is 0 Å². The number of ether oxygens (including phenoxy) is 1. The molecule has 0 aliphatic carbocycles. The molecule has 206 valence electrons. The fourth-order valence-corrected chi connectivity index (χ4v) is 4.20. The molecule has 0 spiro atoms. The molecule has 0 aliphatic heterocycles. The van der Waals surface area contributed by atoms with Crippen LogP contribution in [0.25, 0.3) is 22.2 Å². The molecule has 0 radical (unpaired) electrons. The number of carbonyl (C=O) groups excluding carboxylic acids is 1. The highest BCUT2D eigenvalue weighted by atomic mass is 19.4. The summed E-state index contributed by atoms with van der Waals surface area (Å²) in [6, 6.07) is 11.2. The first-order valence-electron chi connectivity index (χ1n) is 11.7. The van der Waals surface area contributed by atoms with Crippen molar-refractivity contribution in [3.05, 3.63) is 94.6 Å². The van der Waals surface area contributed by atoms with Crippen molar-refractivity contribution in [1.82, 2.24) is 20.3 Å². The van der Waals surface area contributed by atoms with Crippen molar-refractivity contribution in [1.29, 1.82) is 0 Å². The minimum atomic E-state index is -4.66. The fourth-order valence-electron chi connectivity index (χ4n) is 4.20. The van der Waals surface area contributed by atoms with Gasteiger partial charge in [-0.1, -0.05) is 24.3 Å². The summed E-state index contributed by atoms with van der Waals surface area (Å²) >= 11 is 0. The number of aromatic nitrogens is 3. The molecule has 0 fully saturated rings. The van der Waals surface area contributed by atoms with Crippen LogP contribution in [-0.2, 0) is 25.3 Å². The third kappa shape index (κ3) is 5.26. The lowest BCUT2D eigenvalue weighted by Crippen LogP contribution is -2.26. The molecule has 13 heteroatoms. The van der Waals surface area contributed by atoms with Gasteiger partial charge in [-0.15, -0.1) is 0 Å². The number of pyridine rings is 1. The minimum absolute atomic E-state index is 0.00128. The van der Waals surface area contributed by atoms with Crippen molar-refractivity contribution in [2.45, 2.75) is 25.3 Å². The first kappa shape index (κ1) is 26.9. The molecule has 0 bridgehead atoms. The van der Waals surface area contributed by atoms with Crippen molar-refractivity contribution >= 4 is 28.1 Å². The summed E-state index contributed by atoms with van der Waals surface area (Å²) in [5.41, 5.74) is -0.392. The Labute approximate surface area is 221 Å². The van der Waals surface area contributed by atoms with E-state index >= 15 is 0 Å². The molecular weight excluding hydrogens is 542 g/mol. The summed E-state index contributed by atoms with van der Waals surface area (Å²) in [5.74, 6) is -1.54. The average Bonchev–Trinajstić information content (AvgIpc) is 3.30. The molecule has 1 N–H and O–H groups in total.